The summed E-state index contributed by atoms with van der Waals surface area (Å²) in [5.41, 5.74) is 2.75. The quantitative estimate of drug-likeness (QED) is 0.538. The van der Waals surface area contributed by atoms with Crippen molar-refractivity contribution in [1.82, 2.24) is 9.91 Å². The van der Waals surface area contributed by atoms with E-state index in [0.717, 1.165) is 48.5 Å². The van der Waals surface area contributed by atoms with Gasteiger partial charge in [-0.05, 0) is 42.8 Å². The fraction of sp³-hybridized carbons (Fsp3) is 0.500. The van der Waals surface area contributed by atoms with Crippen molar-refractivity contribution in [1.29, 1.82) is 0 Å². The Balaban J connectivity index is 1.36. The molecule has 3 heterocycles. The Morgan fingerprint density at radius 2 is 1.73 bits per heavy atom. The number of amides is 1. The lowest BCUT2D eigenvalue weighted by Crippen LogP contribution is -2.48. The first-order chi connectivity index (χ1) is 18.0. The van der Waals surface area contributed by atoms with Crippen LogP contribution in [0.1, 0.15) is 43.4 Å². The molecule has 2 saturated heterocycles. The molecule has 2 fully saturated rings. The minimum absolute atomic E-state index is 0.0291. The summed E-state index contributed by atoms with van der Waals surface area (Å²) < 4.78 is 28.2. The molecule has 2 aromatic carbocycles. The van der Waals surface area contributed by atoms with Crippen molar-refractivity contribution in [2.24, 2.45) is 5.10 Å². The van der Waals surface area contributed by atoms with Gasteiger partial charge in [0.1, 0.15) is 5.75 Å². The number of piperidine rings is 1. The highest BCUT2D eigenvalue weighted by Gasteiger charge is 2.41. The molecule has 0 saturated carbocycles. The van der Waals surface area contributed by atoms with Gasteiger partial charge in [-0.15, -0.1) is 0 Å². The first kappa shape index (κ1) is 25.5. The number of methoxy groups -OCH3 is 2. The van der Waals surface area contributed by atoms with E-state index in [1.54, 1.807) is 19.2 Å². The average molecular weight is 510 g/mol. The lowest BCUT2D eigenvalue weighted by molar-refractivity contribution is -0.186. The molecule has 0 bridgehead atoms. The molecule has 1 amide bonds. The van der Waals surface area contributed by atoms with Crippen LogP contribution in [0.4, 0.5) is 0 Å². The van der Waals surface area contributed by atoms with Crippen molar-refractivity contribution >= 4 is 11.6 Å². The average Bonchev–Trinajstić information content (AvgIpc) is 3.58. The van der Waals surface area contributed by atoms with E-state index >= 15 is 0 Å². The zero-order chi connectivity index (χ0) is 25.8. The van der Waals surface area contributed by atoms with Gasteiger partial charge in [0.25, 0.3) is 5.91 Å². The predicted octanol–water partition coefficient (Wildman–Crippen LogP) is 3.62. The normalized spacial score (nSPS) is 21.2. The fourth-order valence-electron chi connectivity index (χ4n) is 5.24. The summed E-state index contributed by atoms with van der Waals surface area (Å²) in [6, 6.07) is 13.4. The van der Waals surface area contributed by atoms with Crippen LogP contribution in [0.5, 0.6) is 17.2 Å². The van der Waals surface area contributed by atoms with E-state index in [1.807, 2.05) is 49.4 Å². The van der Waals surface area contributed by atoms with E-state index in [2.05, 4.69) is 4.90 Å². The molecule has 1 spiro atoms. The summed E-state index contributed by atoms with van der Waals surface area (Å²) in [7, 11) is 3.22. The van der Waals surface area contributed by atoms with E-state index in [1.165, 1.54) is 0 Å². The summed E-state index contributed by atoms with van der Waals surface area (Å²) in [6.45, 7) is 5.65. The smallest absolute Gasteiger partial charge is 0.257 e. The first-order valence-electron chi connectivity index (χ1n) is 12.9. The monoisotopic (exact) mass is 509 g/mol. The molecule has 198 valence electrons. The van der Waals surface area contributed by atoms with Gasteiger partial charge < -0.3 is 23.7 Å². The topological polar surface area (TPSA) is 82.1 Å². The van der Waals surface area contributed by atoms with Crippen LogP contribution in [-0.2, 0) is 14.3 Å². The number of ether oxygens (including phenoxy) is 5. The van der Waals surface area contributed by atoms with Gasteiger partial charge in [0, 0.05) is 37.9 Å². The molecule has 2 aromatic rings. The maximum Gasteiger partial charge on any atom is 0.257 e. The molecule has 37 heavy (non-hydrogen) atoms. The zero-order valence-corrected chi connectivity index (χ0v) is 21.8. The maximum atomic E-state index is 13.6. The lowest BCUT2D eigenvalue weighted by Gasteiger charge is -2.37. The van der Waals surface area contributed by atoms with E-state index < -0.39 is 5.79 Å². The van der Waals surface area contributed by atoms with Crippen LogP contribution < -0.4 is 14.2 Å². The van der Waals surface area contributed by atoms with Crippen LogP contribution in [0.2, 0.25) is 0 Å². The third-order valence-electron chi connectivity index (χ3n) is 7.25. The summed E-state index contributed by atoms with van der Waals surface area (Å²) in [5, 5.41) is 6.49. The van der Waals surface area contributed by atoms with Gasteiger partial charge in [-0.3, -0.25) is 9.69 Å². The Morgan fingerprint density at radius 1 is 1.03 bits per heavy atom. The van der Waals surface area contributed by atoms with Crippen LogP contribution >= 0.6 is 0 Å². The Hall–Kier alpha value is -3.14. The largest absolute Gasteiger partial charge is 0.494 e. The van der Waals surface area contributed by atoms with Crippen LogP contribution in [0.15, 0.2) is 47.6 Å². The number of carbonyl (C=O) groups excluding carboxylic acids is 1. The molecular weight excluding hydrogens is 474 g/mol. The number of likely N-dealkylation sites (tertiary alicyclic amines) is 1. The van der Waals surface area contributed by atoms with Crippen molar-refractivity contribution in [3.63, 3.8) is 0 Å². The van der Waals surface area contributed by atoms with Gasteiger partial charge in [0.15, 0.2) is 17.3 Å². The number of rotatable bonds is 8. The number of nitrogens with zero attached hydrogens (tertiary/aromatic N) is 3. The Morgan fingerprint density at radius 3 is 2.38 bits per heavy atom. The third-order valence-corrected chi connectivity index (χ3v) is 7.25. The summed E-state index contributed by atoms with van der Waals surface area (Å²) >= 11 is 0. The molecule has 0 aromatic heterocycles. The molecule has 5 rings (SSSR count). The van der Waals surface area contributed by atoms with Crippen molar-refractivity contribution in [2.75, 3.05) is 53.7 Å². The minimum Gasteiger partial charge on any atom is -0.494 e. The van der Waals surface area contributed by atoms with E-state index in [-0.39, 0.29) is 11.9 Å². The molecular formula is C28H35N3O6. The number of hydrazone groups is 1. The van der Waals surface area contributed by atoms with Crippen LogP contribution in [-0.4, -0.2) is 81.0 Å². The van der Waals surface area contributed by atoms with Crippen molar-refractivity contribution < 1.29 is 28.5 Å². The van der Waals surface area contributed by atoms with Crippen molar-refractivity contribution in [3.8, 4) is 17.2 Å². The molecule has 9 heteroatoms. The highest BCUT2D eigenvalue weighted by molar-refractivity contribution is 6.03. The van der Waals surface area contributed by atoms with Crippen LogP contribution in [0, 0.1) is 0 Å². The zero-order valence-electron chi connectivity index (χ0n) is 21.8. The number of benzene rings is 2. The van der Waals surface area contributed by atoms with Gasteiger partial charge in [-0.1, -0.05) is 12.1 Å². The SMILES string of the molecule is CCOc1ccc(C2CC(c3ccc(OC)c(OC)c3)=NN2C(=O)CN2CCC3(CC2)OCCO3)cc1. The highest BCUT2D eigenvalue weighted by atomic mass is 16.7. The Bertz CT molecular complexity index is 1120. The minimum atomic E-state index is -0.462. The second-order valence-corrected chi connectivity index (χ2v) is 9.46. The van der Waals surface area contributed by atoms with E-state index in [4.69, 9.17) is 28.8 Å². The summed E-state index contributed by atoms with van der Waals surface area (Å²) in [4.78, 5) is 15.8. The Labute approximate surface area is 217 Å². The molecule has 3 aliphatic heterocycles. The van der Waals surface area contributed by atoms with Gasteiger partial charge in [0.05, 0.1) is 52.3 Å². The molecule has 0 aliphatic carbocycles. The predicted molar refractivity (Wildman–Crippen MR) is 138 cm³/mol. The maximum absolute atomic E-state index is 13.6. The third kappa shape index (κ3) is 5.44. The number of carbonyl (C=O) groups is 1. The number of hydrogen-bond acceptors (Lipinski definition) is 8. The lowest BCUT2D eigenvalue weighted by atomic mass is 9.98. The molecule has 3 aliphatic rings. The second kappa shape index (κ2) is 11.1. The second-order valence-electron chi connectivity index (χ2n) is 9.46. The van der Waals surface area contributed by atoms with Crippen molar-refractivity contribution in [3.05, 3.63) is 53.6 Å². The molecule has 0 radical (unpaired) electrons. The fourth-order valence-corrected chi connectivity index (χ4v) is 5.24. The van der Waals surface area contributed by atoms with Crippen LogP contribution in [0.25, 0.3) is 0 Å². The van der Waals surface area contributed by atoms with Gasteiger partial charge in [0.2, 0.25) is 0 Å². The van der Waals surface area contributed by atoms with E-state index in [0.29, 0.717) is 44.3 Å². The first-order valence-corrected chi connectivity index (χ1v) is 12.9. The molecule has 1 unspecified atom stereocenters. The summed E-state index contributed by atoms with van der Waals surface area (Å²) in [6.07, 6.45) is 2.13. The summed E-state index contributed by atoms with van der Waals surface area (Å²) in [5.74, 6) is 1.60. The molecule has 1 atom stereocenters. The molecule has 0 N–H and O–H groups in total. The van der Waals surface area contributed by atoms with E-state index in [9.17, 15) is 4.79 Å². The Kier molecular flexibility index (Phi) is 7.64. The number of hydrogen-bond donors (Lipinski definition) is 0. The molecule has 9 nitrogen and oxygen atoms in total. The highest BCUT2D eigenvalue weighted by Crippen LogP contribution is 2.37. The van der Waals surface area contributed by atoms with Crippen molar-refractivity contribution in [2.45, 2.75) is 38.0 Å². The van der Waals surface area contributed by atoms with Gasteiger partial charge in [-0.2, -0.15) is 5.10 Å². The van der Waals surface area contributed by atoms with Crippen LogP contribution in [0.3, 0.4) is 0 Å². The van der Waals surface area contributed by atoms with Gasteiger partial charge >= 0.3 is 0 Å². The standard InChI is InChI=1S/C28H35N3O6/c1-4-35-22-8-5-20(6-9-22)24-18-23(21-7-10-25(33-2)26(17-21)34-3)29-31(24)27(32)19-30-13-11-28(12-14-30)36-15-16-37-28/h5-10,17,24H,4,11-16,18-19H2,1-3H3. The van der Waals surface area contributed by atoms with Gasteiger partial charge in [-0.25, -0.2) is 5.01 Å².